The minimum absolute atomic E-state index is 0.101. The van der Waals surface area contributed by atoms with Crippen LogP contribution in [0.2, 0.25) is 0 Å². The van der Waals surface area contributed by atoms with Gasteiger partial charge in [-0.15, -0.1) is 13.2 Å². The van der Waals surface area contributed by atoms with Gasteiger partial charge in [-0.25, -0.2) is 14.4 Å². The number of alkyl halides is 6. The van der Waals surface area contributed by atoms with Crippen molar-refractivity contribution < 1.29 is 35.5 Å². The van der Waals surface area contributed by atoms with E-state index in [9.17, 15) is 30.7 Å². The van der Waals surface area contributed by atoms with E-state index in [1.165, 1.54) is 12.1 Å². The number of hydrogen-bond acceptors (Lipinski definition) is 6. The summed E-state index contributed by atoms with van der Waals surface area (Å²) in [6.45, 7) is -0.101. The van der Waals surface area contributed by atoms with Crippen molar-refractivity contribution in [1.82, 2.24) is 9.97 Å². The molecule has 0 bridgehead atoms. The summed E-state index contributed by atoms with van der Waals surface area (Å²) in [6.07, 6.45) is -7.61. The van der Waals surface area contributed by atoms with Gasteiger partial charge in [-0.05, 0) is 42.0 Å². The van der Waals surface area contributed by atoms with Crippen LogP contribution in [0.3, 0.4) is 0 Å². The smallest absolute Gasteiger partial charge is 0.406 e. The molecule has 3 N–H and O–H groups in total. The summed E-state index contributed by atoms with van der Waals surface area (Å²) in [4.78, 5) is 7.95. The molecular weight excluding hydrogens is 459 g/mol. The largest absolute Gasteiger partial charge is 0.573 e. The molecule has 13 heteroatoms. The maximum absolute atomic E-state index is 13.8. The van der Waals surface area contributed by atoms with E-state index in [1.807, 2.05) is 0 Å². The lowest BCUT2D eigenvalue weighted by molar-refractivity contribution is -0.274. The van der Waals surface area contributed by atoms with Gasteiger partial charge in [0.05, 0.1) is 11.1 Å². The molecule has 1 heterocycles. The first kappa shape index (κ1) is 23.8. The SMILES string of the molecule is N=Cc1c(NCc2ccc(C(F)(F)F)c(F)c2)ncnc1Nc1ccc(OC(F)(F)F)cc1. The second-order valence-corrected chi connectivity index (χ2v) is 6.49. The molecule has 0 unspecified atom stereocenters. The van der Waals surface area contributed by atoms with Crippen LogP contribution in [-0.2, 0) is 12.7 Å². The van der Waals surface area contributed by atoms with E-state index < -0.39 is 29.7 Å². The minimum Gasteiger partial charge on any atom is -0.406 e. The van der Waals surface area contributed by atoms with Gasteiger partial charge < -0.3 is 20.8 Å². The summed E-state index contributed by atoms with van der Waals surface area (Å²) in [7, 11) is 0. The number of nitrogens with one attached hydrogen (secondary N) is 3. The van der Waals surface area contributed by atoms with Crippen LogP contribution in [0.5, 0.6) is 5.75 Å². The van der Waals surface area contributed by atoms with Gasteiger partial charge in [0.1, 0.15) is 29.5 Å². The Bertz CT molecular complexity index is 1130. The van der Waals surface area contributed by atoms with E-state index in [2.05, 4.69) is 25.3 Å². The number of anilines is 3. The summed E-state index contributed by atoms with van der Waals surface area (Å²) in [5, 5.41) is 13.2. The number of rotatable bonds is 7. The van der Waals surface area contributed by atoms with Crippen molar-refractivity contribution >= 4 is 23.5 Å². The number of halogens is 7. The zero-order valence-electron chi connectivity index (χ0n) is 16.4. The van der Waals surface area contributed by atoms with Gasteiger partial charge in [-0.1, -0.05) is 6.07 Å². The third-order valence-electron chi connectivity index (χ3n) is 4.18. The number of benzene rings is 2. The Morgan fingerprint density at radius 3 is 2.18 bits per heavy atom. The summed E-state index contributed by atoms with van der Waals surface area (Å²) >= 11 is 0. The van der Waals surface area contributed by atoms with Gasteiger partial charge in [-0.2, -0.15) is 13.2 Å². The van der Waals surface area contributed by atoms with Gasteiger partial charge in [0.25, 0.3) is 0 Å². The van der Waals surface area contributed by atoms with Crippen LogP contribution in [-0.4, -0.2) is 22.5 Å². The molecule has 2 aromatic carbocycles. The fourth-order valence-electron chi connectivity index (χ4n) is 2.73. The number of hydrogen-bond donors (Lipinski definition) is 3. The number of nitrogens with zero attached hydrogens (tertiary/aromatic N) is 2. The highest BCUT2D eigenvalue weighted by molar-refractivity contribution is 5.91. The maximum atomic E-state index is 13.8. The molecule has 174 valence electrons. The second kappa shape index (κ2) is 9.30. The van der Waals surface area contributed by atoms with Crippen LogP contribution in [0, 0.1) is 11.2 Å². The molecule has 6 nitrogen and oxygen atoms in total. The Balaban J connectivity index is 1.74. The third-order valence-corrected chi connectivity index (χ3v) is 4.18. The van der Waals surface area contributed by atoms with Gasteiger partial charge >= 0.3 is 12.5 Å². The fraction of sp³-hybridized carbons (Fsp3) is 0.150. The molecule has 0 radical (unpaired) electrons. The molecule has 0 saturated carbocycles. The Morgan fingerprint density at radius 2 is 1.61 bits per heavy atom. The highest BCUT2D eigenvalue weighted by Gasteiger charge is 2.34. The zero-order valence-corrected chi connectivity index (χ0v) is 16.4. The Kier molecular flexibility index (Phi) is 6.70. The first-order valence-electron chi connectivity index (χ1n) is 9.04. The molecule has 0 aliphatic carbocycles. The van der Waals surface area contributed by atoms with E-state index in [0.717, 1.165) is 36.8 Å². The van der Waals surface area contributed by atoms with Crippen LogP contribution in [0.25, 0.3) is 0 Å². The summed E-state index contributed by atoms with van der Waals surface area (Å²) in [5.41, 5.74) is -0.695. The highest BCUT2D eigenvalue weighted by Crippen LogP contribution is 2.32. The number of aromatic nitrogens is 2. The fourth-order valence-corrected chi connectivity index (χ4v) is 2.73. The lowest BCUT2D eigenvalue weighted by Crippen LogP contribution is -2.17. The molecule has 3 rings (SSSR count). The topological polar surface area (TPSA) is 82.9 Å². The van der Waals surface area contributed by atoms with Crippen LogP contribution in [0.4, 0.5) is 48.1 Å². The van der Waals surface area contributed by atoms with Crippen molar-refractivity contribution in [2.45, 2.75) is 19.1 Å². The van der Waals surface area contributed by atoms with Crippen LogP contribution < -0.4 is 15.4 Å². The van der Waals surface area contributed by atoms with Crippen molar-refractivity contribution in [2.75, 3.05) is 10.6 Å². The predicted octanol–water partition coefficient (Wildman–Crippen LogP) is 5.89. The monoisotopic (exact) mass is 473 g/mol. The van der Waals surface area contributed by atoms with Gasteiger partial charge in [0, 0.05) is 18.4 Å². The van der Waals surface area contributed by atoms with Crippen molar-refractivity contribution in [1.29, 1.82) is 5.41 Å². The lowest BCUT2D eigenvalue weighted by atomic mass is 10.1. The van der Waals surface area contributed by atoms with Crippen molar-refractivity contribution in [2.24, 2.45) is 0 Å². The second-order valence-electron chi connectivity index (χ2n) is 6.49. The van der Waals surface area contributed by atoms with Crippen molar-refractivity contribution in [3.05, 3.63) is 71.3 Å². The predicted molar refractivity (Wildman–Crippen MR) is 105 cm³/mol. The van der Waals surface area contributed by atoms with Crippen molar-refractivity contribution in [3.63, 3.8) is 0 Å². The first-order chi connectivity index (χ1) is 15.5. The standard InChI is InChI=1S/C20H14F7N5O/c21-16-7-11(1-6-15(16)19(22,23)24)9-29-17-14(8-28)18(31-10-30-17)32-12-2-4-13(5-3-12)33-20(25,26)27/h1-8,10,28H,9H2,(H2,29,30,31,32). The summed E-state index contributed by atoms with van der Waals surface area (Å²) in [5.74, 6) is -1.59. The Labute approximate surface area is 182 Å². The minimum atomic E-state index is -4.83. The van der Waals surface area contributed by atoms with Crippen molar-refractivity contribution in [3.8, 4) is 5.75 Å². The molecule has 1 aromatic heterocycles. The molecule has 0 atom stereocenters. The summed E-state index contributed by atoms with van der Waals surface area (Å²) in [6, 6.07) is 7.24. The molecule has 0 fully saturated rings. The first-order valence-corrected chi connectivity index (χ1v) is 9.04. The average molecular weight is 473 g/mol. The van der Waals surface area contributed by atoms with Crippen LogP contribution >= 0.6 is 0 Å². The Morgan fingerprint density at radius 1 is 0.939 bits per heavy atom. The average Bonchev–Trinajstić information content (AvgIpc) is 2.72. The van der Waals surface area contributed by atoms with Crippen LogP contribution in [0.1, 0.15) is 16.7 Å². The normalized spacial score (nSPS) is 11.7. The zero-order chi connectivity index (χ0) is 24.2. The van der Waals surface area contributed by atoms with E-state index in [4.69, 9.17) is 5.41 Å². The molecule has 0 spiro atoms. The molecule has 0 aliphatic heterocycles. The molecule has 0 aliphatic rings. The highest BCUT2D eigenvalue weighted by atomic mass is 19.4. The molecular formula is C20H14F7N5O. The van der Waals surface area contributed by atoms with Gasteiger partial charge in [0.2, 0.25) is 0 Å². The maximum Gasteiger partial charge on any atom is 0.573 e. The van der Waals surface area contributed by atoms with Gasteiger partial charge in [-0.3, -0.25) is 0 Å². The lowest BCUT2D eigenvalue weighted by Gasteiger charge is -2.14. The van der Waals surface area contributed by atoms with E-state index in [1.54, 1.807) is 0 Å². The number of ether oxygens (including phenoxy) is 1. The Hall–Kier alpha value is -3.90. The van der Waals surface area contributed by atoms with Crippen LogP contribution in [0.15, 0.2) is 48.8 Å². The van der Waals surface area contributed by atoms with E-state index in [-0.39, 0.29) is 29.3 Å². The molecule has 0 amide bonds. The van der Waals surface area contributed by atoms with E-state index >= 15 is 0 Å². The van der Waals surface area contributed by atoms with E-state index in [0.29, 0.717) is 11.8 Å². The molecule has 0 saturated heterocycles. The summed E-state index contributed by atoms with van der Waals surface area (Å²) < 4.78 is 92.4. The van der Waals surface area contributed by atoms with Gasteiger partial charge in [0.15, 0.2) is 0 Å². The molecule has 3 aromatic rings. The third kappa shape index (κ3) is 6.30. The quantitative estimate of drug-likeness (QED) is 0.295. The molecule has 33 heavy (non-hydrogen) atoms.